The van der Waals surface area contributed by atoms with E-state index in [1.165, 1.54) is 4.90 Å². The van der Waals surface area contributed by atoms with E-state index in [2.05, 4.69) is 10.6 Å². The molecule has 0 unspecified atom stereocenters. The SMILES string of the molecule is CC(C)(C)OC(=O)NCCCC[C@H](NC(C(=O)OC(C)(C)C)C(=O)OC(C)(C)C)C(=O)N1CCC[C@H]1C(=O)OC(C)(C)C. The van der Waals surface area contributed by atoms with Gasteiger partial charge < -0.3 is 29.2 Å². The summed E-state index contributed by atoms with van der Waals surface area (Å²) >= 11 is 0. The molecular formula is C31H55N3O9. The third-order valence-electron chi connectivity index (χ3n) is 5.75. The highest BCUT2D eigenvalue weighted by Crippen LogP contribution is 2.24. The summed E-state index contributed by atoms with van der Waals surface area (Å²) in [7, 11) is 0. The molecule has 0 bridgehead atoms. The van der Waals surface area contributed by atoms with Crippen molar-refractivity contribution < 1.29 is 42.9 Å². The summed E-state index contributed by atoms with van der Waals surface area (Å²) in [5, 5.41) is 5.59. The van der Waals surface area contributed by atoms with E-state index >= 15 is 0 Å². The van der Waals surface area contributed by atoms with Gasteiger partial charge >= 0.3 is 24.0 Å². The Morgan fingerprint density at radius 1 is 0.721 bits per heavy atom. The van der Waals surface area contributed by atoms with Gasteiger partial charge in [-0.3, -0.25) is 10.1 Å². The molecule has 1 aliphatic heterocycles. The third-order valence-corrected chi connectivity index (χ3v) is 5.75. The van der Waals surface area contributed by atoms with Gasteiger partial charge in [-0.15, -0.1) is 0 Å². The Morgan fingerprint density at radius 2 is 1.21 bits per heavy atom. The lowest BCUT2D eigenvalue weighted by Gasteiger charge is -2.32. The number of unbranched alkanes of at least 4 members (excludes halogenated alkanes) is 1. The summed E-state index contributed by atoms with van der Waals surface area (Å²) in [6, 6.07) is -3.41. The van der Waals surface area contributed by atoms with Crippen LogP contribution in [0, 0.1) is 0 Å². The van der Waals surface area contributed by atoms with Gasteiger partial charge in [0.05, 0.1) is 6.04 Å². The minimum atomic E-state index is -1.59. The van der Waals surface area contributed by atoms with Crippen LogP contribution in [0.3, 0.4) is 0 Å². The molecule has 12 nitrogen and oxygen atoms in total. The fraction of sp³-hybridized carbons (Fsp3) is 0.839. The monoisotopic (exact) mass is 613 g/mol. The van der Waals surface area contributed by atoms with Crippen molar-refractivity contribution in [3.05, 3.63) is 0 Å². The molecule has 0 saturated carbocycles. The lowest BCUT2D eigenvalue weighted by atomic mass is 10.0. The quantitative estimate of drug-likeness (QED) is 0.151. The van der Waals surface area contributed by atoms with Crippen LogP contribution < -0.4 is 10.6 Å². The largest absolute Gasteiger partial charge is 0.458 e. The molecule has 2 atom stereocenters. The Bertz CT molecular complexity index is 956. The van der Waals surface area contributed by atoms with Crippen molar-refractivity contribution in [2.24, 2.45) is 0 Å². The topological polar surface area (TPSA) is 150 Å². The van der Waals surface area contributed by atoms with Gasteiger partial charge in [0.25, 0.3) is 0 Å². The fourth-order valence-electron chi connectivity index (χ4n) is 4.26. The molecular weight excluding hydrogens is 558 g/mol. The number of hydrogen-bond acceptors (Lipinski definition) is 10. The van der Waals surface area contributed by atoms with E-state index in [-0.39, 0.29) is 6.42 Å². The van der Waals surface area contributed by atoms with Gasteiger partial charge in [0.2, 0.25) is 11.9 Å². The average molecular weight is 614 g/mol. The average Bonchev–Trinajstić information content (AvgIpc) is 3.25. The number of rotatable bonds is 11. The number of esters is 3. The molecule has 0 aromatic rings. The molecule has 1 heterocycles. The molecule has 0 spiro atoms. The van der Waals surface area contributed by atoms with Gasteiger partial charge in [0.1, 0.15) is 28.4 Å². The summed E-state index contributed by atoms with van der Waals surface area (Å²) in [6.45, 7) is 21.2. The second-order valence-corrected chi connectivity index (χ2v) is 14.9. The van der Waals surface area contributed by atoms with Crippen LogP contribution in [0.1, 0.15) is 115 Å². The first-order chi connectivity index (χ1) is 19.4. The summed E-state index contributed by atoms with van der Waals surface area (Å²) < 4.78 is 21.8. The number of hydrogen-bond donors (Lipinski definition) is 2. The Kier molecular flexibility index (Phi) is 13.5. The van der Waals surface area contributed by atoms with Crippen molar-refractivity contribution in [1.82, 2.24) is 15.5 Å². The van der Waals surface area contributed by atoms with Crippen LogP contribution in [0.15, 0.2) is 0 Å². The van der Waals surface area contributed by atoms with Gasteiger partial charge in [-0.1, -0.05) is 0 Å². The molecule has 248 valence electrons. The normalized spacial score (nSPS) is 16.9. The maximum Gasteiger partial charge on any atom is 0.407 e. The van der Waals surface area contributed by atoms with Crippen LogP contribution in [0.4, 0.5) is 4.79 Å². The van der Waals surface area contributed by atoms with E-state index in [1.54, 1.807) is 83.1 Å². The molecule has 43 heavy (non-hydrogen) atoms. The van der Waals surface area contributed by atoms with E-state index in [4.69, 9.17) is 18.9 Å². The molecule has 1 aliphatic rings. The highest BCUT2D eigenvalue weighted by molar-refractivity contribution is 6.00. The molecule has 1 saturated heterocycles. The molecule has 0 aromatic heterocycles. The number of carbonyl (C=O) groups excluding carboxylic acids is 5. The third kappa shape index (κ3) is 15.4. The zero-order valence-electron chi connectivity index (χ0n) is 28.3. The Hall–Kier alpha value is -2.89. The number of ether oxygens (including phenoxy) is 4. The Labute approximate surface area is 257 Å². The minimum absolute atomic E-state index is 0.203. The van der Waals surface area contributed by atoms with Gasteiger partial charge in [-0.2, -0.15) is 0 Å². The molecule has 2 amide bonds. The first-order valence-electron chi connectivity index (χ1n) is 15.1. The maximum atomic E-state index is 14.0. The molecule has 2 N–H and O–H groups in total. The number of likely N-dealkylation sites (tertiary alicyclic amines) is 1. The maximum absolute atomic E-state index is 14.0. The highest BCUT2D eigenvalue weighted by Gasteiger charge is 2.42. The second-order valence-electron chi connectivity index (χ2n) is 14.9. The number of alkyl carbamates (subject to hydrolysis) is 1. The van der Waals surface area contributed by atoms with Crippen molar-refractivity contribution in [3.8, 4) is 0 Å². The van der Waals surface area contributed by atoms with Gasteiger partial charge in [0.15, 0.2) is 0 Å². The summed E-state index contributed by atoms with van der Waals surface area (Å²) in [5.41, 5.74) is -3.17. The van der Waals surface area contributed by atoms with E-state index < -0.39 is 70.4 Å². The first kappa shape index (κ1) is 38.1. The van der Waals surface area contributed by atoms with Crippen molar-refractivity contribution in [2.75, 3.05) is 13.1 Å². The lowest BCUT2D eigenvalue weighted by Crippen LogP contribution is -2.58. The molecule has 1 rings (SSSR count). The predicted octanol–water partition coefficient (Wildman–Crippen LogP) is 4.02. The Balaban J connectivity index is 3.22. The van der Waals surface area contributed by atoms with Crippen LogP contribution in [-0.4, -0.2) is 88.4 Å². The molecule has 0 radical (unpaired) electrons. The number of carbonyl (C=O) groups is 5. The second kappa shape index (κ2) is 15.2. The molecule has 0 aliphatic carbocycles. The minimum Gasteiger partial charge on any atom is -0.458 e. The van der Waals surface area contributed by atoms with E-state index in [0.717, 1.165) is 0 Å². The van der Waals surface area contributed by atoms with Gasteiger partial charge in [-0.25, -0.2) is 19.2 Å². The van der Waals surface area contributed by atoms with E-state index in [9.17, 15) is 24.0 Å². The highest BCUT2D eigenvalue weighted by atomic mass is 16.6. The zero-order valence-corrected chi connectivity index (χ0v) is 28.3. The van der Waals surface area contributed by atoms with Crippen LogP contribution >= 0.6 is 0 Å². The number of nitrogens with zero attached hydrogens (tertiary/aromatic N) is 1. The van der Waals surface area contributed by atoms with E-state index in [1.807, 2.05) is 0 Å². The first-order valence-corrected chi connectivity index (χ1v) is 15.1. The standard InChI is InChI=1S/C31H55N3O9/c1-28(2,3)40-24(36)21-17-15-19-34(21)23(35)20(16-13-14-18-32-27(39)43-31(10,11)12)33-22(25(37)41-29(4,5)6)26(38)42-30(7,8)9/h20-22,33H,13-19H2,1-12H3,(H,32,39)/t20-,21-/m0/s1. The number of nitrogens with one attached hydrogen (secondary N) is 2. The Morgan fingerprint density at radius 3 is 1.67 bits per heavy atom. The van der Waals surface area contributed by atoms with Crippen LogP contribution in [0.5, 0.6) is 0 Å². The van der Waals surface area contributed by atoms with Crippen LogP contribution in [0.2, 0.25) is 0 Å². The summed E-state index contributed by atoms with van der Waals surface area (Å²) in [4.78, 5) is 66.8. The van der Waals surface area contributed by atoms with E-state index in [0.29, 0.717) is 38.8 Å². The van der Waals surface area contributed by atoms with Crippen molar-refractivity contribution >= 4 is 29.9 Å². The predicted molar refractivity (Wildman–Crippen MR) is 161 cm³/mol. The fourth-order valence-corrected chi connectivity index (χ4v) is 4.26. The molecule has 12 heteroatoms. The van der Waals surface area contributed by atoms with Gasteiger partial charge in [-0.05, 0) is 115 Å². The molecule has 0 aromatic carbocycles. The zero-order chi connectivity index (χ0) is 33.4. The van der Waals surface area contributed by atoms with Crippen molar-refractivity contribution in [1.29, 1.82) is 0 Å². The molecule has 1 fully saturated rings. The summed E-state index contributed by atoms with van der Waals surface area (Å²) in [5.74, 6) is -2.70. The van der Waals surface area contributed by atoms with Crippen LogP contribution in [0.25, 0.3) is 0 Å². The van der Waals surface area contributed by atoms with Gasteiger partial charge in [0, 0.05) is 13.1 Å². The van der Waals surface area contributed by atoms with Crippen molar-refractivity contribution in [2.45, 2.75) is 156 Å². The smallest absolute Gasteiger partial charge is 0.407 e. The lowest BCUT2D eigenvalue weighted by molar-refractivity contribution is -0.172. The van der Waals surface area contributed by atoms with Crippen LogP contribution in [-0.2, 0) is 38.1 Å². The van der Waals surface area contributed by atoms with Crippen molar-refractivity contribution in [3.63, 3.8) is 0 Å². The summed E-state index contributed by atoms with van der Waals surface area (Å²) in [6.07, 6.45) is 1.63. The number of amides is 2.